The maximum absolute atomic E-state index is 13.1. The first-order chi connectivity index (χ1) is 17.1. The van der Waals surface area contributed by atoms with E-state index in [0.717, 1.165) is 30.5 Å². The number of carbonyl (C=O) groups is 3. The third-order valence-corrected chi connectivity index (χ3v) is 5.99. The van der Waals surface area contributed by atoms with Crippen molar-refractivity contribution < 1.29 is 24.0 Å². The maximum Gasteiger partial charge on any atom is 0.441 e. The molecular formula is C26H30N4O5. The van der Waals surface area contributed by atoms with E-state index in [1.54, 1.807) is 0 Å². The molecule has 2 aromatic rings. The molecule has 0 radical (unpaired) electrons. The van der Waals surface area contributed by atoms with Crippen molar-refractivity contribution >= 4 is 23.8 Å². The second-order valence-corrected chi connectivity index (χ2v) is 8.45. The normalized spacial score (nSPS) is 19.1. The number of anilines is 1. The van der Waals surface area contributed by atoms with Gasteiger partial charge in [-0.15, -0.1) is 5.48 Å². The van der Waals surface area contributed by atoms with Gasteiger partial charge in [0.2, 0.25) is 5.91 Å². The van der Waals surface area contributed by atoms with Gasteiger partial charge >= 0.3 is 12.2 Å². The van der Waals surface area contributed by atoms with Crippen LogP contribution in [0.3, 0.4) is 0 Å². The van der Waals surface area contributed by atoms with Crippen LogP contribution in [0.2, 0.25) is 0 Å². The average molecular weight is 479 g/mol. The molecule has 0 spiro atoms. The van der Waals surface area contributed by atoms with Crippen molar-refractivity contribution in [2.75, 3.05) is 31.1 Å². The lowest BCUT2D eigenvalue weighted by Gasteiger charge is -2.41. The minimum Gasteiger partial charge on any atom is -0.443 e. The molecule has 9 heteroatoms. The van der Waals surface area contributed by atoms with Crippen LogP contribution < -0.4 is 15.7 Å². The van der Waals surface area contributed by atoms with Crippen molar-refractivity contribution in [3.63, 3.8) is 0 Å². The fourth-order valence-corrected chi connectivity index (χ4v) is 4.16. The van der Waals surface area contributed by atoms with Crippen LogP contribution >= 0.6 is 0 Å². The summed E-state index contributed by atoms with van der Waals surface area (Å²) < 4.78 is 5.06. The number of nitrogens with one attached hydrogen (secondary N) is 2. The van der Waals surface area contributed by atoms with E-state index in [0.29, 0.717) is 19.6 Å². The van der Waals surface area contributed by atoms with Crippen molar-refractivity contribution in [2.45, 2.75) is 31.9 Å². The molecule has 2 N–H and O–H groups in total. The zero-order valence-corrected chi connectivity index (χ0v) is 19.5. The van der Waals surface area contributed by atoms with Crippen LogP contribution in [0.15, 0.2) is 66.7 Å². The summed E-state index contributed by atoms with van der Waals surface area (Å²) in [6.45, 7) is 1.50. The predicted molar refractivity (Wildman–Crippen MR) is 130 cm³/mol. The first kappa shape index (κ1) is 24.1. The van der Waals surface area contributed by atoms with Gasteiger partial charge in [-0.3, -0.25) is 4.79 Å². The standard InChI is InChI=1S/C26H30N4O5/c31-24-23-18-29(26(33)35-28-25(32)34-19-21-10-5-3-6-11-21)15-16-30(23)22-13-8-12-20(17-22)9-4-1-2-7-14-27-24/h1-3,5-6,8,10-13,17,23H,4,7,9,14-16,18-19H2,(H,27,31)(H,28,32)/b2-1-. The molecular weight excluding hydrogens is 448 g/mol. The monoisotopic (exact) mass is 478 g/mol. The third kappa shape index (κ3) is 6.75. The Morgan fingerprint density at radius 3 is 2.71 bits per heavy atom. The molecule has 0 saturated carbocycles. The van der Waals surface area contributed by atoms with E-state index < -0.39 is 18.2 Å². The number of allylic oxidation sites excluding steroid dienone is 1. The van der Waals surface area contributed by atoms with Gasteiger partial charge in [-0.25, -0.2) is 9.59 Å². The minimum atomic E-state index is -0.870. The number of hydroxylamine groups is 1. The SMILES string of the molecule is O=C(NOC(=O)N1CCN2c3cccc(c3)CC/C=C\CCNC(=O)C2C1)OCc1ccccc1. The lowest BCUT2D eigenvalue weighted by atomic mass is 10.1. The molecule has 0 aromatic heterocycles. The number of rotatable bonds is 2. The van der Waals surface area contributed by atoms with Gasteiger partial charge in [0, 0.05) is 25.3 Å². The summed E-state index contributed by atoms with van der Waals surface area (Å²) in [5, 5.41) is 2.97. The summed E-state index contributed by atoms with van der Waals surface area (Å²) in [5.41, 5.74) is 4.99. The highest BCUT2D eigenvalue weighted by atomic mass is 16.7. The Morgan fingerprint density at radius 1 is 1.03 bits per heavy atom. The molecule has 184 valence electrons. The van der Waals surface area contributed by atoms with Crippen LogP contribution in [-0.2, 0) is 27.4 Å². The molecule has 4 rings (SSSR count). The van der Waals surface area contributed by atoms with E-state index in [-0.39, 0.29) is 19.1 Å². The van der Waals surface area contributed by atoms with Crippen LogP contribution in [0.4, 0.5) is 15.3 Å². The highest BCUT2D eigenvalue weighted by Crippen LogP contribution is 2.23. The van der Waals surface area contributed by atoms with Gasteiger partial charge in [0.05, 0.1) is 6.54 Å². The van der Waals surface area contributed by atoms with E-state index in [2.05, 4.69) is 29.6 Å². The summed E-state index contributed by atoms with van der Waals surface area (Å²) in [5.74, 6) is -0.157. The van der Waals surface area contributed by atoms with Gasteiger partial charge in [-0.05, 0) is 42.5 Å². The van der Waals surface area contributed by atoms with E-state index in [1.165, 1.54) is 10.5 Å². The number of hydrogen-bond donors (Lipinski definition) is 2. The molecule has 2 bridgehead atoms. The highest BCUT2D eigenvalue weighted by Gasteiger charge is 2.35. The Labute approximate surface area is 204 Å². The molecule has 2 aromatic carbocycles. The Kier molecular flexibility index (Phi) is 8.21. The maximum atomic E-state index is 13.1. The number of nitrogens with zero attached hydrogens (tertiary/aromatic N) is 2. The molecule has 0 aliphatic carbocycles. The molecule has 9 nitrogen and oxygen atoms in total. The van der Waals surface area contributed by atoms with Crippen molar-refractivity contribution in [2.24, 2.45) is 0 Å². The molecule has 2 aliphatic heterocycles. The van der Waals surface area contributed by atoms with Crippen molar-refractivity contribution in [3.8, 4) is 0 Å². The molecule has 2 heterocycles. The second kappa shape index (κ2) is 11.9. The molecule has 35 heavy (non-hydrogen) atoms. The van der Waals surface area contributed by atoms with Crippen LogP contribution in [0.1, 0.15) is 24.0 Å². The number of amides is 3. The lowest BCUT2D eigenvalue weighted by Crippen LogP contribution is -2.60. The van der Waals surface area contributed by atoms with Crippen LogP contribution in [0, 0.1) is 0 Å². The molecule has 1 saturated heterocycles. The topological polar surface area (TPSA) is 100 Å². The molecule has 3 amide bonds. The molecule has 1 atom stereocenters. The largest absolute Gasteiger partial charge is 0.443 e. The Bertz CT molecular complexity index is 1060. The predicted octanol–water partition coefficient (Wildman–Crippen LogP) is 3.16. The Morgan fingerprint density at radius 2 is 1.86 bits per heavy atom. The quantitative estimate of drug-likeness (QED) is 0.508. The number of piperazine rings is 1. The number of aryl methyl sites for hydroxylation is 1. The second-order valence-electron chi connectivity index (χ2n) is 8.45. The van der Waals surface area contributed by atoms with Gasteiger partial charge in [0.15, 0.2) is 0 Å². The van der Waals surface area contributed by atoms with Crippen LogP contribution in [-0.4, -0.2) is 55.2 Å². The summed E-state index contributed by atoms with van der Waals surface area (Å²) in [6, 6.07) is 16.8. The number of benzene rings is 2. The van der Waals surface area contributed by atoms with Crippen molar-refractivity contribution in [1.29, 1.82) is 0 Å². The fourth-order valence-electron chi connectivity index (χ4n) is 4.16. The summed E-state index contributed by atoms with van der Waals surface area (Å²) >= 11 is 0. The Balaban J connectivity index is 1.37. The number of ether oxygens (including phenoxy) is 1. The molecule has 1 unspecified atom stereocenters. The first-order valence-corrected chi connectivity index (χ1v) is 11.8. The van der Waals surface area contributed by atoms with Crippen LogP contribution in [0.25, 0.3) is 0 Å². The smallest absolute Gasteiger partial charge is 0.441 e. The zero-order chi connectivity index (χ0) is 24.5. The Hall–Kier alpha value is -4.01. The number of fused-ring (bicyclic) bond motifs is 4. The van der Waals surface area contributed by atoms with Gasteiger partial charge < -0.3 is 24.7 Å². The minimum absolute atomic E-state index is 0.0550. The number of carbonyl (C=O) groups excluding carboxylic acids is 3. The van der Waals surface area contributed by atoms with E-state index in [9.17, 15) is 14.4 Å². The first-order valence-electron chi connectivity index (χ1n) is 11.8. The van der Waals surface area contributed by atoms with Crippen LogP contribution in [0.5, 0.6) is 0 Å². The van der Waals surface area contributed by atoms with E-state index in [1.807, 2.05) is 52.8 Å². The molecule has 1 fully saturated rings. The van der Waals surface area contributed by atoms with Crippen molar-refractivity contribution in [1.82, 2.24) is 15.7 Å². The summed E-state index contributed by atoms with van der Waals surface area (Å²) in [4.78, 5) is 46.0. The van der Waals surface area contributed by atoms with Crippen molar-refractivity contribution in [3.05, 3.63) is 77.9 Å². The van der Waals surface area contributed by atoms with E-state index in [4.69, 9.17) is 9.57 Å². The third-order valence-electron chi connectivity index (χ3n) is 5.99. The van der Waals surface area contributed by atoms with Gasteiger partial charge in [-0.1, -0.05) is 54.6 Å². The zero-order valence-electron chi connectivity index (χ0n) is 19.5. The highest BCUT2D eigenvalue weighted by molar-refractivity contribution is 5.87. The average Bonchev–Trinajstić information content (AvgIpc) is 2.90. The van der Waals surface area contributed by atoms with E-state index >= 15 is 0 Å². The number of hydrogen-bond acceptors (Lipinski definition) is 6. The van der Waals surface area contributed by atoms with Gasteiger partial charge in [0.25, 0.3) is 0 Å². The van der Waals surface area contributed by atoms with Gasteiger partial charge in [0.1, 0.15) is 12.6 Å². The fraction of sp³-hybridized carbons (Fsp3) is 0.346. The molecule has 2 aliphatic rings. The summed E-state index contributed by atoms with van der Waals surface area (Å²) in [7, 11) is 0. The summed E-state index contributed by atoms with van der Waals surface area (Å²) in [6.07, 6.45) is 5.22. The lowest BCUT2D eigenvalue weighted by molar-refractivity contribution is -0.123. The van der Waals surface area contributed by atoms with Gasteiger partial charge in [-0.2, -0.15) is 0 Å².